The molecule has 3 rings (SSSR count). The summed E-state index contributed by atoms with van der Waals surface area (Å²) in [5.41, 5.74) is 9.35. The summed E-state index contributed by atoms with van der Waals surface area (Å²) in [5, 5.41) is 1.11. The maximum absolute atomic E-state index is 11.4. The number of benzene rings is 1. The molecule has 2 heterocycles. The topological polar surface area (TPSA) is 71.8 Å². The summed E-state index contributed by atoms with van der Waals surface area (Å²) in [6.45, 7) is 1.86. The zero-order valence-electron chi connectivity index (χ0n) is 10.5. The van der Waals surface area contributed by atoms with E-state index < -0.39 is 5.91 Å². The number of fused-ring (bicyclic) bond motifs is 1. The SMILES string of the molecule is Cc1c(C(N)=O)ccnc1-c1cc2ccccc2[nH]1. The van der Waals surface area contributed by atoms with E-state index in [1.807, 2.05) is 37.3 Å². The van der Waals surface area contributed by atoms with Crippen molar-refractivity contribution in [2.75, 3.05) is 0 Å². The number of aromatic nitrogens is 2. The smallest absolute Gasteiger partial charge is 0.249 e. The van der Waals surface area contributed by atoms with Crippen LogP contribution in [0.1, 0.15) is 15.9 Å². The summed E-state index contributed by atoms with van der Waals surface area (Å²) in [6.07, 6.45) is 1.61. The molecule has 4 nitrogen and oxygen atoms in total. The van der Waals surface area contributed by atoms with Crippen LogP contribution in [0.15, 0.2) is 42.6 Å². The van der Waals surface area contributed by atoms with Crippen LogP contribution in [0.3, 0.4) is 0 Å². The lowest BCUT2D eigenvalue weighted by Crippen LogP contribution is -2.13. The standard InChI is InChI=1S/C15H13N3O/c1-9-11(15(16)19)6-7-17-14(9)13-8-10-4-2-3-5-12(10)18-13/h2-8,18H,1H3,(H2,16,19). The summed E-state index contributed by atoms with van der Waals surface area (Å²) in [6, 6.07) is 11.7. The molecule has 1 amide bonds. The molecule has 0 aliphatic heterocycles. The monoisotopic (exact) mass is 251 g/mol. The van der Waals surface area contributed by atoms with Gasteiger partial charge in [0.05, 0.1) is 11.4 Å². The van der Waals surface area contributed by atoms with Crippen molar-refractivity contribution in [2.45, 2.75) is 6.92 Å². The summed E-state index contributed by atoms with van der Waals surface area (Å²) in [7, 11) is 0. The van der Waals surface area contributed by atoms with Gasteiger partial charge in [-0.3, -0.25) is 9.78 Å². The number of primary amides is 1. The third kappa shape index (κ3) is 1.87. The minimum Gasteiger partial charge on any atom is -0.366 e. The zero-order valence-corrected chi connectivity index (χ0v) is 10.5. The highest BCUT2D eigenvalue weighted by molar-refractivity contribution is 5.96. The normalized spacial score (nSPS) is 10.8. The van der Waals surface area contributed by atoms with Crippen LogP contribution in [-0.2, 0) is 0 Å². The number of hydrogen-bond acceptors (Lipinski definition) is 2. The molecule has 94 valence electrons. The van der Waals surface area contributed by atoms with Gasteiger partial charge in [-0.2, -0.15) is 0 Å². The summed E-state index contributed by atoms with van der Waals surface area (Å²) in [4.78, 5) is 19.0. The van der Waals surface area contributed by atoms with Gasteiger partial charge < -0.3 is 10.7 Å². The molecule has 0 fully saturated rings. The zero-order chi connectivity index (χ0) is 13.4. The van der Waals surface area contributed by atoms with Gasteiger partial charge in [-0.15, -0.1) is 0 Å². The first kappa shape index (κ1) is 11.5. The van der Waals surface area contributed by atoms with Gasteiger partial charge in [-0.25, -0.2) is 0 Å². The van der Waals surface area contributed by atoms with Crippen LogP contribution in [0, 0.1) is 6.92 Å². The third-order valence-electron chi connectivity index (χ3n) is 3.25. The van der Waals surface area contributed by atoms with E-state index in [1.165, 1.54) is 0 Å². The lowest BCUT2D eigenvalue weighted by Gasteiger charge is -2.06. The van der Waals surface area contributed by atoms with E-state index in [4.69, 9.17) is 5.73 Å². The molecule has 3 N–H and O–H groups in total. The largest absolute Gasteiger partial charge is 0.366 e. The fourth-order valence-electron chi connectivity index (χ4n) is 2.28. The first-order valence-corrected chi connectivity index (χ1v) is 6.00. The van der Waals surface area contributed by atoms with E-state index in [9.17, 15) is 4.79 Å². The number of carbonyl (C=O) groups is 1. The van der Waals surface area contributed by atoms with Crippen molar-refractivity contribution in [1.82, 2.24) is 9.97 Å². The molecule has 4 heteroatoms. The number of H-pyrrole nitrogens is 1. The first-order chi connectivity index (χ1) is 9.16. The number of para-hydroxylation sites is 1. The second kappa shape index (κ2) is 4.24. The predicted molar refractivity (Wildman–Crippen MR) is 74.8 cm³/mol. The summed E-state index contributed by atoms with van der Waals surface area (Å²) < 4.78 is 0. The molecule has 0 aliphatic carbocycles. The molecular weight excluding hydrogens is 238 g/mol. The highest BCUT2D eigenvalue weighted by atomic mass is 16.1. The Bertz CT molecular complexity index is 741. The van der Waals surface area contributed by atoms with Gasteiger partial charge in [-0.05, 0) is 30.7 Å². The number of hydrogen-bond donors (Lipinski definition) is 2. The van der Waals surface area contributed by atoms with Crippen molar-refractivity contribution in [2.24, 2.45) is 5.73 Å². The number of nitrogens with one attached hydrogen (secondary N) is 1. The lowest BCUT2D eigenvalue weighted by molar-refractivity contribution is 0.0999. The van der Waals surface area contributed by atoms with Crippen LogP contribution in [0.2, 0.25) is 0 Å². The van der Waals surface area contributed by atoms with Gasteiger partial charge in [-0.1, -0.05) is 18.2 Å². The van der Waals surface area contributed by atoms with Crippen molar-refractivity contribution in [3.63, 3.8) is 0 Å². The van der Waals surface area contributed by atoms with Crippen LogP contribution in [0.4, 0.5) is 0 Å². The van der Waals surface area contributed by atoms with Crippen LogP contribution < -0.4 is 5.73 Å². The molecule has 0 saturated carbocycles. The van der Waals surface area contributed by atoms with Gasteiger partial charge in [0.1, 0.15) is 0 Å². The highest BCUT2D eigenvalue weighted by Crippen LogP contribution is 2.26. The molecule has 0 saturated heterocycles. The maximum Gasteiger partial charge on any atom is 0.249 e. The number of amides is 1. The number of carbonyl (C=O) groups excluding carboxylic acids is 1. The Balaban J connectivity index is 2.21. The molecule has 0 aliphatic rings. The predicted octanol–water partition coefficient (Wildman–Crippen LogP) is 2.64. The summed E-state index contributed by atoms with van der Waals surface area (Å²) in [5.74, 6) is -0.433. The molecule has 3 aromatic rings. The average Bonchev–Trinajstić information content (AvgIpc) is 2.82. The molecule has 1 aromatic carbocycles. The van der Waals surface area contributed by atoms with E-state index in [2.05, 4.69) is 9.97 Å². The minimum absolute atomic E-state index is 0.433. The van der Waals surface area contributed by atoms with Crippen molar-refractivity contribution in [3.05, 3.63) is 53.7 Å². The van der Waals surface area contributed by atoms with Crippen molar-refractivity contribution < 1.29 is 4.79 Å². The van der Waals surface area contributed by atoms with Crippen LogP contribution in [0.25, 0.3) is 22.3 Å². The molecule has 0 unspecified atom stereocenters. The Morgan fingerprint density at radius 3 is 2.79 bits per heavy atom. The fourth-order valence-corrected chi connectivity index (χ4v) is 2.28. The lowest BCUT2D eigenvalue weighted by atomic mass is 10.1. The molecule has 0 atom stereocenters. The van der Waals surface area contributed by atoms with E-state index in [-0.39, 0.29) is 0 Å². The number of rotatable bonds is 2. The number of nitrogens with zero attached hydrogens (tertiary/aromatic N) is 1. The van der Waals surface area contributed by atoms with Crippen LogP contribution in [0.5, 0.6) is 0 Å². The van der Waals surface area contributed by atoms with Gasteiger partial charge >= 0.3 is 0 Å². The number of aromatic amines is 1. The fraction of sp³-hybridized carbons (Fsp3) is 0.0667. The number of pyridine rings is 1. The second-order valence-electron chi connectivity index (χ2n) is 4.47. The van der Waals surface area contributed by atoms with E-state index >= 15 is 0 Å². The molecule has 19 heavy (non-hydrogen) atoms. The highest BCUT2D eigenvalue weighted by Gasteiger charge is 2.12. The Morgan fingerprint density at radius 1 is 1.26 bits per heavy atom. The van der Waals surface area contributed by atoms with Crippen molar-refractivity contribution in [3.8, 4) is 11.4 Å². The van der Waals surface area contributed by atoms with E-state index in [1.54, 1.807) is 12.3 Å². The second-order valence-corrected chi connectivity index (χ2v) is 4.47. The Labute approximate surface area is 110 Å². The van der Waals surface area contributed by atoms with Crippen LogP contribution >= 0.6 is 0 Å². The molecule has 2 aromatic heterocycles. The van der Waals surface area contributed by atoms with Gasteiger partial charge in [0.2, 0.25) is 5.91 Å². The van der Waals surface area contributed by atoms with Crippen LogP contribution in [-0.4, -0.2) is 15.9 Å². The van der Waals surface area contributed by atoms with Gasteiger partial charge in [0.15, 0.2) is 0 Å². The molecule has 0 spiro atoms. The Morgan fingerprint density at radius 2 is 2.05 bits per heavy atom. The maximum atomic E-state index is 11.4. The molecule has 0 radical (unpaired) electrons. The van der Waals surface area contributed by atoms with Crippen molar-refractivity contribution in [1.29, 1.82) is 0 Å². The minimum atomic E-state index is -0.433. The first-order valence-electron chi connectivity index (χ1n) is 6.00. The molecule has 0 bridgehead atoms. The average molecular weight is 251 g/mol. The Hall–Kier alpha value is -2.62. The van der Waals surface area contributed by atoms with Gasteiger partial charge in [0, 0.05) is 22.7 Å². The van der Waals surface area contributed by atoms with Gasteiger partial charge in [0.25, 0.3) is 0 Å². The quantitative estimate of drug-likeness (QED) is 0.735. The number of nitrogens with two attached hydrogens (primary N) is 1. The summed E-state index contributed by atoms with van der Waals surface area (Å²) >= 11 is 0. The van der Waals surface area contributed by atoms with E-state index in [0.717, 1.165) is 27.9 Å². The Kier molecular flexibility index (Phi) is 2.56. The third-order valence-corrected chi connectivity index (χ3v) is 3.25. The molecular formula is C15H13N3O. The van der Waals surface area contributed by atoms with Crippen molar-refractivity contribution >= 4 is 16.8 Å². The van der Waals surface area contributed by atoms with E-state index in [0.29, 0.717) is 5.56 Å².